The third-order valence-electron chi connectivity index (χ3n) is 2.62. The quantitative estimate of drug-likeness (QED) is 0.823. The number of anilines is 1. The van der Waals surface area contributed by atoms with Gasteiger partial charge in [0.1, 0.15) is 11.5 Å². The number of hydrogen-bond donors (Lipinski definition) is 1. The van der Waals surface area contributed by atoms with Crippen LogP contribution in [0.25, 0.3) is 11.1 Å². The van der Waals surface area contributed by atoms with Gasteiger partial charge in [0.15, 0.2) is 0 Å². The van der Waals surface area contributed by atoms with Crippen molar-refractivity contribution in [2.45, 2.75) is 0 Å². The molecule has 0 saturated heterocycles. The van der Waals surface area contributed by atoms with Gasteiger partial charge in [0, 0.05) is 22.9 Å². The molecule has 0 aliphatic rings. The van der Waals surface area contributed by atoms with Crippen LogP contribution in [0.1, 0.15) is 0 Å². The molecule has 0 aliphatic carbocycles. The normalized spacial score (nSPS) is 10.0. The standard InChI is InChI=1S/C14H15NO2/c1-16-13-6-4-3-5-11(13)12-8-7-10(15)9-14(12)17-2/h3-9H,15H2,1-2H3. The highest BCUT2D eigenvalue weighted by molar-refractivity contribution is 5.77. The monoisotopic (exact) mass is 229 g/mol. The van der Waals surface area contributed by atoms with Gasteiger partial charge in [0.25, 0.3) is 0 Å². The lowest BCUT2D eigenvalue weighted by Crippen LogP contribution is -1.93. The van der Waals surface area contributed by atoms with Crippen LogP contribution >= 0.6 is 0 Å². The van der Waals surface area contributed by atoms with Crippen LogP contribution in [0.2, 0.25) is 0 Å². The molecule has 0 spiro atoms. The van der Waals surface area contributed by atoms with Crippen molar-refractivity contribution >= 4 is 5.69 Å². The van der Waals surface area contributed by atoms with Crippen molar-refractivity contribution in [3.05, 3.63) is 42.5 Å². The minimum atomic E-state index is 0.681. The summed E-state index contributed by atoms with van der Waals surface area (Å²) in [6.45, 7) is 0. The number of nitrogen functional groups attached to an aromatic ring is 1. The Bertz CT molecular complexity index is 523. The molecular weight excluding hydrogens is 214 g/mol. The fourth-order valence-electron chi connectivity index (χ4n) is 1.80. The number of nitrogens with two attached hydrogens (primary N) is 1. The maximum absolute atomic E-state index is 5.74. The van der Waals surface area contributed by atoms with E-state index in [1.807, 2.05) is 42.5 Å². The molecule has 2 rings (SSSR count). The van der Waals surface area contributed by atoms with Crippen LogP contribution in [0.3, 0.4) is 0 Å². The molecule has 0 aliphatic heterocycles. The average molecular weight is 229 g/mol. The van der Waals surface area contributed by atoms with Crippen molar-refractivity contribution in [1.82, 2.24) is 0 Å². The fourth-order valence-corrected chi connectivity index (χ4v) is 1.80. The summed E-state index contributed by atoms with van der Waals surface area (Å²) in [6, 6.07) is 13.4. The van der Waals surface area contributed by atoms with E-state index in [0.29, 0.717) is 5.69 Å². The molecule has 0 radical (unpaired) electrons. The first-order valence-electron chi connectivity index (χ1n) is 5.33. The highest BCUT2D eigenvalue weighted by Gasteiger charge is 2.10. The second-order valence-corrected chi connectivity index (χ2v) is 3.66. The minimum Gasteiger partial charge on any atom is -0.496 e. The van der Waals surface area contributed by atoms with E-state index >= 15 is 0 Å². The predicted octanol–water partition coefficient (Wildman–Crippen LogP) is 2.95. The van der Waals surface area contributed by atoms with E-state index in [4.69, 9.17) is 15.2 Å². The van der Waals surface area contributed by atoms with E-state index in [9.17, 15) is 0 Å². The molecule has 0 saturated carbocycles. The Morgan fingerprint density at radius 3 is 2.18 bits per heavy atom. The van der Waals surface area contributed by atoms with Gasteiger partial charge in [0.2, 0.25) is 0 Å². The molecule has 3 heteroatoms. The zero-order valence-corrected chi connectivity index (χ0v) is 9.94. The van der Waals surface area contributed by atoms with Gasteiger partial charge in [-0.25, -0.2) is 0 Å². The Morgan fingerprint density at radius 1 is 0.824 bits per heavy atom. The van der Waals surface area contributed by atoms with E-state index in [1.54, 1.807) is 14.2 Å². The SMILES string of the molecule is COc1ccccc1-c1ccc(N)cc1OC. The van der Waals surface area contributed by atoms with Gasteiger partial charge in [0.05, 0.1) is 14.2 Å². The van der Waals surface area contributed by atoms with Gasteiger partial charge in [-0.05, 0) is 18.2 Å². The Balaban J connectivity index is 2.59. The minimum absolute atomic E-state index is 0.681. The number of hydrogen-bond acceptors (Lipinski definition) is 3. The zero-order valence-electron chi connectivity index (χ0n) is 9.94. The number of methoxy groups -OCH3 is 2. The maximum atomic E-state index is 5.74. The Kier molecular flexibility index (Phi) is 3.19. The average Bonchev–Trinajstić information content (AvgIpc) is 2.38. The topological polar surface area (TPSA) is 44.5 Å². The Hall–Kier alpha value is -2.16. The fraction of sp³-hybridized carbons (Fsp3) is 0.143. The van der Waals surface area contributed by atoms with Crippen LogP contribution in [0.4, 0.5) is 5.69 Å². The van der Waals surface area contributed by atoms with Crippen LogP contribution in [0.15, 0.2) is 42.5 Å². The summed E-state index contributed by atoms with van der Waals surface area (Å²) < 4.78 is 10.7. The molecule has 0 amide bonds. The van der Waals surface area contributed by atoms with Gasteiger partial charge in [-0.15, -0.1) is 0 Å². The smallest absolute Gasteiger partial charge is 0.128 e. The van der Waals surface area contributed by atoms with Gasteiger partial charge in [-0.3, -0.25) is 0 Å². The first kappa shape index (κ1) is 11.3. The van der Waals surface area contributed by atoms with Crippen LogP contribution in [0, 0.1) is 0 Å². The van der Waals surface area contributed by atoms with Crippen molar-refractivity contribution < 1.29 is 9.47 Å². The largest absolute Gasteiger partial charge is 0.496 e. The van der Waals surface area contributed by atoms with Gasteiger partial charge < -0.3 is 15.2 Å². The number of benzene rings is 2. The first-order chi connectivity index (χ1) is 8.26. The molecule has 0 aromatic heterocycles. The van der Waals surface area contributed by atoms with E-state index in [-0.39, 0.29) is 0 Å². The van der Waals surface area contributed by atoms with Crippen LogP contribution in [-0.2, 0) is 0 Å². The van der Waals surface area contributed by atoms with Crippen molar-refractivity contribution in [2.24, 2.45) is 0 Å². The lowest BCUT2D eigenvalue weighted by molar-refractivity contribution is 0.410. The molecule has 0 fully saturated rings. The molecule has 0 atom stereocenters. The predicted molar refractivity (Wildman–Crippen MR) is 69.4 cm³/mol. The summed E-state index contributed by atoms with van der Waals surface area (Å²) in [7, 11) is 3.29. The highest BCUT2D eigenvalue weighted by Crippen LogP contribution is 2.36. The molecule has 2 aromatic carbocycles. The summed E-state index contributed by atoms with van der Waals surface area (Å²) in [6.07, 6.45) is 0. The third-order valence-corrected chi connectivity index (χ3v) is 2.62. The van der Waals surface area contributed by atoms with Crippen molar-refractivity contribution in [3.8, 4) is 22.6 Å². The molecule has 2 N–H and O–H groups in total. The maximum Gasteiger partial charge on any atom is 0.128 e. The van der Waals surface area contributed by atoms with E-state index in [1.165, 1.54) is 0 Å². The van der Waals surface area contributed by atoms with Gasteiger partial charge >= 0.3 is 0 Å². The van der Waals surface area contributed by atoms with Gasteiger partial charge in [-0.2, -0.15) is 0 Å². The Labute approximate surface area is 101 Å². The molecule has 0 bridgehead atoms. The molecule has 0 unspecified atom stereocenters. The number of rotatable bonds is 3. The number of para-hydroxylation sites is 1. The van der Waals surface area contributed by atoms with E-state index in [2.05, 4.69) is 0 Å². The molecule has 0 heterocycles. The van der Waals surface area contributed by atoms with Crippen molar-refractivity contribution in [3.63, 3.8) is 0 Å². The van der Waals surface area contributed by atoms with Gasteiger partial charge in [-0.1, -0.05) is 18.2 Å². The number of ether oxygens (including phenoxy) is 2. The highest BCUT2D eigenvalue weighted by atomic mass is 16.5. The second-order valence-electron chi connectivity index (χ2n) is 3.66. The third kappa shape index (κ3) is 2.18. The van der Waals surface area contributed by atoms with Crippen molar-refractivity contribution in [2.75, 3.05) is 20.0 Å². The summed E-state index contributed by atoms with van der Waals surface area (Å²) in [4.78, 5) is 0. The van der Waals surface area contributed by atoms with Crippen LogP contribution in [0.5, 0.6) is 11.5 Å². The summed E-state index contributed by atoms with van der Waals surface area (Å²) in [5.41, 5.74) is 8.39. The van der Waals surface area contributed by atoms with E-state index < -0.39 is 0 Å². The summed E-state index contributed by atoms with van der Waals surface area (Å²) in [5, 5.41) is 0. The summed E-state index contributed by atoms with van der Waals surface area (Å²) >= 11 is 0. The lowest BCUT2D eigenvalue weighted by Gasteiger charge is -2.12. The Morgan fingerprint density at radius 2 is 1.47 bits per heavy atom. The first-order valence-corrected chi connectivity index (χ1v) is 5.33. The molecule has 17 heavy (non-hydrogen) atoms. The van der Waals surface area contributed by atoms with E-state index in [0.717, 1.165) is 22.6 Å². The van der Waals surface area contributed by atoms with Crippen molar-refractivity contribution in [1.29, 1.82) is 0 Å². The molecular formula is C14H15NO2. The molecule has 2 aromatic rings. The second kappa shape index (κ2) is 4.78. The van der Waals surface area contributed by atoms with Crippen LogP contribution in [-0.4, -0.2) is 14.2 Å². The molecule has 3 nitrogen and oxygen atoms in total. The lowest BCUT2D eigenvalue weighted by atomic mass is 10.0. The summed E-state index contributed by atoms with van der Waals surface area (Å²) in [5.74, 6) is 1.56. The molecule has 88 valence electrons. The van der Waals surface area contributed by atoms with Crippen LogP contribution < -0.4 is 15.2 Å². The zero-order chi connectivity index (χ0) is 12.3.